The summed E-state index contributed by atoms with van der Waals surface area (Å²) >= 11 is 0. The molecule has 0 N–H and O–H groups in total. The number of aromatic nitrogens is 2. The highest BCUT2D eigenvalue weighted by Gasteiger charge is 2.25. The summed E-state index contributed by atoms with van der Waals surface area (Å²) in [5.41, 5.74) is 1.91. The molecule has 0 saturated carbocycles. The molecule has 23 heavy (non-hydrogen) atoms. The zero-order valence-electron chi connectivity index (χ0n) is 13.3. The minimum Gasteiger partial charge on any atom is -0.352 e. The number of halogens is 1. The maximum Gasteiger partial charge on any atom is 0.256 e. The molecule has 0 aliphatic carbocycles. The van der Waals surface area contributed by atoms with Crippen molar-refractivity contribution in [1.29, 1.82) is 0 Å². The molecule has 0 bridgehead atoms. The molecule has 0 unspecified atom stereocenters. The lowest BCUT2D eigenvalue weighted by Gasteiger charge is -2.35. The molecule has 0 radical (unpaired) electrons. The lowest BCUT2D eigenvalue weighted by atomic mass is 10.1. The van der Waals surface area contributed by atoms with Gasteiger partial charge in [-0.1, -0.05) is 12.1 Å². The average molecular weight is 314 g/mol. The normalized spacial score (nSPS) is 14.9. The Morgan fingerprint density at radius 1 is 1.13 bits per heavy atom. The highest BCUT2D eigenvalue weighted by molar-refractivity contribution is 5.94. The predicted molar refractivity (Wildman–Crippen MR) is 86.0 cm³/mol. The van der Waals surface area contributed by atoms with Gasteiger partial charge in [0.25, 0.3) is 5.91 Å². The van der Waals surface area contributed by atoms with Crippen LogP contribution in [0.1, 0.15) is 21.7 Å². The molecular formula is C17H19FN4O. The predicted octanol–water partition coefficient (Wildman–Crippen LogP) is 2.19. The summed E-state index contributed by atoms with van der Waals surface area (Å²) in [4.78, 5) is 25.1. The number of carbonyl (C=O) groups is 1. The quantitative estimate of drug-likeness (QED) is 0.852. The van der Waals surface area contributed by atoms with E-state index in [0.29, 0.717) is 26.2 Å². The Morgan fingerprint density at radius 3 is 2.48 bits per heavy atom. The van der Waals surface area contributed by atoms with E-state index in [1.54, 1.807) is 23.2 Å². The molecule has 6 heteroatoms. The number of aryl methyl sites for hydroxylation is 2. The van der Waals surface area contributed by atoms with Crippen LogP contribution in [0.2, 0.25) is 0 Å². The SMILES string of the molecule is Cc1cnc(N2CCN(C(=O)c3ccccc3F)CC2)c(C)n1. The first kappa shape index (κ1) is 15.4. The maximum absolute atomic E-state index is 13.8. The largest absolute Gasteiger partial charge is 0.352 e. The van der Waals surface area contributed by atoms with Gasteiger partial charge in [-0.2, -0.15) is 0 Å². The molecule has 0 atom stereocenters. The number of nitrogens with zero attached hydrogens (tertiary/aromatic N) is 4. The molecule has 1 aliphatic rings. The Bertz CT molecular complexity index is 726. The summed E-state index contributed by atoms with van der Waals surface area (Å²) in [6.07, 6.45) is 1.75. The van der Waals surface area contributed by atoms with Crippen molar-refractivity contribution in [3.05, 3.63) is 53.2 Å². The van der Waals surface area contributed by atoms with Crippen LogP contribution in [0.15, 0.2) is 30.5 Å². The van der Waals surface area contributed by atoms with Gasteiger partial charge in [-0.05, 0) is 26.0 Å². The first-order chi connectivity index (χ1) is 11.1. The van der Waals surface area contributed by atoms with E-state index in [2.05, 4.69) is 14.9 Å². The molecule has 2 heterocycles. The van der Waals surface area contributed by atoms with Gasteiger partial charge in [0.05, 0.1) is 23.1 Å². The lowest BCUT2D eigenvalue weighted by Crippen LogP contribution is -2.49. The second kappa shape index (κ2) is 6.32. The lowest BCUT2D eigenvalue weighted by molar-refractivity contribution is 0.0742. The van der Waals surface area contributed by atoms with Crippen molar-refractivity contribution in [2.75, 3.05) is 31.1 Å². The zero-order chi connectivity index (χ0) is 16.4. The van der Waals surface area contributed by atoms with Crippen LogP contribution in [-0.4, -0.2) is 47.0 Å². The Kier molecular flexibility index (Phi) is 4.23. The Labute approximate surface area is 134 Å². The summed E-state index contributed by atoms with van der Waals surface area (Å²) in [7, 11) is 0. The van der Waals surface area contributed by atoms with Crippen molar-refractivity contribution in [2.24, 2.45) is 0 Å². The number of anilines is 1. The van der Waals surface area contributed by atoms with Crippen LogP contribution in [0.4, 0.5) is 10.2 Å². The van der Waals surface area contributed by atoms with E-state index >= 15 is 0 Å². The highest BCUT2D eigenvalue weighted by Crippen LogP contribution is 2.18. The van der Waals surface area contributed by atoms with Gasteiger partial charge in [0, 0.05) is 26.2 Å². The van der Waals surface area contributed by atoms with Gasteiger partial charge < -0.3 is 9.80 Å². The standard InChI is InChI=1S/C17H19FN4O/c1-12-11-19-16(13(2)20-12)21-7-9-22(10-8-21)17(23)14-5-3-4-6-15(14)18/h3-6,11H,7-10H2,1-2H3. The molecule has 1 aromatic heterocycles. The second-order valence-electron chi connectivity index (χ2n) is 5.68. The second-order valence-corrected chi connectivity index (χ2v) is 5.68. The van der Waals surface area contributed by atoms with E-state index in [9.17, 15) is 9.18 Å². The Morgan fingerprint density at radius 2 is 1.83 bits per heavy atom. The maximum atomic E-state index is 13.8. The van der Waals surface area contributed by atoms with Crippen LogP contribution in [0.3, 0.4) is 0 Å². The summed E-state index contributed by atoms with van der Waals surface area (Å²) in [5, 5.41) is 0. The highest BCUT2D eigenvalue weighted by atomic mass is 19.1. The van der Waals surface area contributed by atoms with Gasteiger partial charge in [0.1, 0.15) is 11.6 Å². The molecule has 120 valence electrons. The van der Waals surface area contributed by atoms with Crippen molar-refractivity contribution >= 4 is 11.7 Å². The summed E-state index contributed by atoms with van der Waals surface area (Å²) in [5.74, 6) is 0.128. The Balaban J connectivity index is 1.69. The average Bonchev–Trinajstić information content (AvgIpc) is 2.55. The number of hydrogen-bond acceptors (Lipinski definition) is 4. The molecule has 1 aromatic carbocycles. The van der Waals surface area contributed by atoms with E-state index in [1.165, 1.54) is 12.1 Å². The summed E-state index contributed by atoms with van der Waals surface area (Å²) in [6.45, 7) is 6.27. The van der Waals surface area contributed by atoms with Gasteiger partial charge in [0.2, 0.25) is 0 Å². The van der Waals surface area contributed by atoms with Crippen LogP contribution in [-0.2, 0) is 0 Å². The van der Waals surface area contributed by atoms with Crippen LogP contribution in [0, 0.1) is 19.7 Å². The topological polar surface area (TPSA) is 49.3 Å². The fraction of sp³-hybridized carbons (Fsp3) is 0.353. The van der Waals surface area contributed by atoms with Gasteiger partial charge in [-0.15, -0.1) is 0 Å². The van der Waals surface area contributed by atoms with E-state index in [4.69, 9.17) is 0 Å². The Hall–Kier alpha value is -2.50. The van der Waals surface area contributed by atoms with Crippen LogP contribution < -0.4 is 4.90 Å². The molecule has 0 spiro atoms. The van der Waals surface area contributed by atoms with Crippen molar-refractivity contribution in [3.63, 3.8) is 0 Å². The minimum atomic E-state index is -0.472. The van der Waals surface area contributed by atoms with E-state index in [1.807, 2.05) is 13.8 Å². The fourth-order valence-corrected chi connectivity index (χ4v) is 2.83. The van der Waals surface area contributed by atoms with Crippen molar-refractivity contribution in [1.82, 2.24) is 14.9 Å². The number of carbonyl (C=O) groups excluding carboxylic acids is 1. The molecule has 1 amide bonds. The molecule has 1 aliphatic heterocycles. The molecule has 3 rings (SSSR count). The summed E-state index contributed by atoms with van der Waals surface area (Å²) in [6, 6.07) is 6.11. The number of hydrogen-bond donors (Lipinski definition) is 0. The van der Waals surface area contributed by atoms with Gasteiger partial charge in [-0.25, -0.2) is 9.37 Å². The van der Waals surface area contributed by atoms with Crippen molar-refractivity contribution < 1.29 is 9.18 Å². The van der Waals surface area contributed by atoms with Gasteiger partial charge >= 0.3 is 0 Å². The smallest absolute Gasteiger partial charge is 0.256 e. The number of piperazine rings is 1. The molecule has 2 aromatic rings. The first-order valence-electron chi connectivity index (χ1n) is 7.65. The third-order valence-electron chi connectivity index (χ3n) is 4.01. The van der Waals surface area contributed by atoms with Crippen molar-refractivity contribution in [2.45, 2.75) is 13.8 Å². The number of amides is 1. The van der Waals surface area contributed by atoms with Crippen LogP contribution in [0.25, 0.3) is 0 Å². The summed E-state index contributed by atoms with van der Waals surface area (Å²) < 4.78 is 13.8. The molecule has 5 nitrogen and oxygen atoms in total. The number of rotatable bonds is 2. The molecule has 1 fully saturated rings. The fourth-order valence-electron chi connectivity index (χ4n) is 2.83. The monoisotopic (exact) mass is 314 g/mol. The molecule has 1 saturated heterocycles. The van der Waals surface area contributed by atoms with Crippen molar-refractivity contribution in [3.8, 4) is 0 Å². The minimum absolute atomic E-state index is 0.132. The first-order valence-corrected chi connectivity index (χ1v) is 7.65. The van der Waals surface area contributed by atoms with E-state index < -0.39 is 5.82 Å². The zero-order valence-corrected chi connectivity index (χ0v) is 13.3. The van der Waals surface area contributed by atoms with Crippen LogP contribution in [0.5, 0.6) is 0 Å². The third kappa shape index (κ3) is 3.16. The van der Waals surface area contributed by atoms with E-state index in [-0.39, 0.29) is 11.5 Å². The third-order valence-corrected chi connectivity index (χ3v) is 4.01. The van der Waals surface area contributed by atoms with Crippen LogP contribution >= 0.6 is 0 Å². The van der Waals surface area contributed by atoms with Gasteiger partial charge in [-0.3, -0.25) is 9.78 Å². The number of benzene rings is 1. The van der Waals surface area contributed by atoms with E-state index in [0.717, 1.165) is 17.2 Å². The van der Waals surface area contributed by atoms with Gasteiger partial charge in [0.15, 0.2) is 0 Å². The molecular weight excluding hydrogens is 295 g/mol.